The van der Waals surface area contributed by atoms with Crippen LogP contribution < -0.4 is 10.7 Å². The summed E-state index contributed by atoms with van der Waals surface area (Å²) < 4.78 is 2.30. The number of imidazole rings is 1. The molecule has 0 amide bonds. The van der Waals surface area contributed by atoms with Crippen LogP contribution in [0.15, 0.2) is 18.2 Å². The number of rotatable bonds is 2. The van der Waals surface area contributed by atoms with Crippen molar-refractivity contribution in [3.05, 3.63) is 24.0 Å². The van der Waals surface area contributed by atoms with Crippen molar-refractivity contribution >= 4 is 16.7 Å². The molecule has 0 radical (unpaired) electrons. The molecule has 1 aliphatic rings. The van der Waals surface area contributed by atoms with Crippen molar-refractivity contribution in [3.63, 3.8) is 0 Å². The number of likely N-dealkylation sites (N-methyl/N-ethyl adjacent to an activating group) is 1. The van der Waals surface area contributed by atoms with Gasteiger partial charge in [0.2, 0.25) is 0 Å². The van der Waals surface area contributed by atoms with Gasteiger partial charge in [-0.05, 0) is 25.2 Å². The molecule has 0 saturated carbocycles. The Morgan fingerprint density at radius 1 is 1.15 bits per heavy atom. The number of hydrogen-bond donors (Lipinski definition) is 1. The lowest BCUT2D eigenvalue weighted by Crippen LogP contribution is -2.50. The lowest BCUT2D eigenvalue weighted by molar-refractivity contribution is 0.287. The van der Waals surface area contributed by atoms with Crippen molar-refractivity contribution in [3.8, 4) is 0 Å². The van der Waals surface area contributed by atoms with Crippen LogP contribution in [0, 0.1) is 0 Å². The van der Waals surface area contributed by atoms with E-state index in [0.717, 1.165) is 48.7 Å². The predicted molar refractivity (Wildman–Crippen MR) is 83.7 cm³/mol. The maximum atomic E-state index is 5.89. The second-order valence-corrected chi connectivity index (χ2v) is 5.94. The Kier molecular flexibility index (Phi) is 3.30. The van der Waals surface area contributed by atoms with Crippen LogP contribution in [0.5, 0.6) is 0 Å². The van der Waals surface area contributed by atoms with E-state index in [1.807, 2.05) is 12.1 Å². The van der Waals surface area contributed by atoms with Crippen LogP contribution in [-0.2, 0) is 0 Å². The van der Waals surface area contributed by atoms with Gasteiger partial charge >= 0.3 is 0 Å². The molecule has 3 rings (SSSR count). The monoisotopic (exact) mass is 273 g/mol. The molecule has 0 aliphatic carbocycles. The maximum Gasteiger partial charge on any atom is 0.131 e. The zero-order chi connectivity index (χ0) is 14.3. The molecule has 1 aromatic heterocycles. The molecule has 1 fully saturated rings. The molecule has 2 aromatic rings. The van der Waals surface area contributed by atoms with E-state index in [2.05, 4.69) is 41.5 Å². The fourth-order valence-electron chi connectivity index (χ4n) is 2.77. The molecule has 1 aliphatic heterocycles. The van der Waals surface area contributed by atoms with Crippen molar-refractivity contribution in [2.75, 3.05) is 44.0 Å². The molecular weight excluding hydrogens is 250 g/mol. The Hall–Kier alpha value is -1.75. The fraction of sp³-hybridized carbons (Fsp3) is 0.533. The van der Waals surface area contributed by atoms with Gasteiger partial charge in [0.15, 0.2) is 0 Å². The average Bonchev–Trinajstić information content (AvgIpc) is 2.78. The summed E-state index contributed by atoms with van der Waals surface area (Å²) in [6.45, 7) is 8.63. The highest BCUT2D eigenvalue weighted by Crippen LogP contribution is 2.24. The van der Waals surface area contributed by atoms with Crippen molar-refractivity contribution < 1.29 is 0 Å². The lowest BCUT2D eigenvalue weighted by Gasteiger charge is -2.36. The second kappa shape index (κ2) is 4.98. The quantitative estimate of drug-likeness (QED) is 0.845. The number of nitrogen functional groups attached to an aromatic ring is 1. The number of piperazine rings is 1. The third kappa shape index (κ3) is 2.22. The molecule has 108 valence electrons. The van der Waals surface area contributed by atoms with E-state index in [1.54, 1.807) is 0 Å². The van der Waals surface area contributed by atoms with Gasteiger partial charge < -0.3 is 15.6 Å². The van der Waals surface area contributed by atoms with Crippen molar-refractivity contribution in [2.24, 2.45) is 0 Å². The van der Waals surface area contributed by atoms with Gasteiger partial charge in [-0.25, -0.2) is 9.66 Å². The SMILES string of the molecule is CC(C)c1nc2cc(N)ccc2n1N1CCN(C)CC1. The largest absolute Gasteiger partial charge is 0.399 e. The van der Waals surface area contributed by atoms with E-state index in [-0.39, 0.29) is 0 Å². The summed E-state index contributed by atoms with van der Waals surface area (Å²) in [4.78, 5) is 7.16. The molecule has 5 nitrogen and oxygen atoms in total. The molecule has 1 aromatic carbocycles. The minimum Gasteiger partial charge on any atom is -0.399 e. The Balaban J connectivity index is 2.09. The summed E-state index contributed by atoms with van der Waals surface area (Å²) >= 11 is 0. The standard InChI is InChI=1S/C15H23N5/c1-11(2)15-17-13-10-12(16)4-5-14(13)20(15)19-8-6-18(3)7-9-19/h4-5,10-11H,6-9,16H2,1-3H3. The van der Waals surface area contributed by atoms with Crippen LogP contribution in [0.1, 0.15) is 25.6 Å². The van der Waals surface area contributed by atoms with Crippen LogP contribution in [0.25, 0.3) is 11.0 Å². The third-order valence-electron chi connectivity index (χ3n) is 3.96. The van der Waals surface area contributed by atoms with Crippen LogP contribution in [-0.4, -0.2) is 47.8 Å². The second-order valence-electron chi connectivity index (χ2n) is 5.94. The van der Waals surface area contributed by atoms with E-state index >= 15 is 0 Å². The summed E-state index contributed by atoms with van der Waals surface area (Å²) in [6, 6.07) is 6.01. The van der Waals surface area contributed by atoms with E-state index in [1.165, 1.54) is 0 Å². The minimum absolute atomic E-state index is 0.392. The summed E-state index contributed by atoms with van der Waals surface area (Å²) in [6.07, 6.45) is 0. The highest BCUT2D eigenvalue weighted by Gasteiger charge is 2.21. The molecule has 20 heavy (non-hydrogen) atoms. The van der Waals surface area contributed by atoms with Crippen molar-refractivity contribution in [1.29, 1.82) is 0 Å². The van der Waals surface area contributed by atoms with Crippen LogP contribution in [0.3, 0.4) is 0 Å². The van der Waals surface area contributed by atoms with Crippen LogP contribution >= 0.6 is 0 Å². The highest BCUT2D eigenvalue weighted by atomic mass is 15.6. The van der Waals surface area contributed by atoms with Crippen LogP contribution in [0.4, 0.5) is 5.69 Å². The molecule has 0 bridgehead atoms. The first-order valence-corrected chi connectivity index (χ1v) is 7.28. The first-order valence-electron chi connectivity index (χ1n) is 7.28. The first-order chi connectivity index (χ1) is 9.56. The minimum atomic E-state index is 0.392. The number of hydrogen-bond acceptors (Lipinski definition) is 4. The molecule has 5 heteroatoms. The van der Waals surface area contributed by atoms with Crippen molar-refractivity contribution in [2.45, 2.75) is 19.8 Å². The topological polar surface area (TPSA) is 50.3 Å². The number of nitrogens with zero attached hydrogens (tertiary/aromatic N) is 4. The smallest absolute Gasteiger partial charge is 0.131 e. The third-order valence-corrected chi connectivity index (χ3v) is 3.96. The van der Waals surface area contributed by atoms with Gasteiger partial charge in [0, 0.05) is 37.8 Å². The average molecular weight is 273 g/mol. The van der Waals surface area contributed by atoms with E-state index < -0.39 is 0 Å². The van der Waals surface area contributed by atoms with Gasteiger partial charge in [-0.3, -0.25) is 0 Å². The fourth-order valence-corrected chi connectivity index (χ4v) is 2.77. The van der Waals surface area contributed by atoms with Gasteiger partial charge in [0.1, 0.15) is 5.82 Å². The van der Waals surface area contributed by atoms with Gasteiger partial charge in [-0.1, -0.05) is 13.8 Å². The molecular formula is C15H23N5. The summed E-state index contributed by atoms with van der Waals surface area (Å²) in [5.41, 5.74) is 8.81. The lowest BCUT2D eigenvalue weighted by atomic mass is 10.2. The predicted octanol–water partition coefficient (Wildman–Crippen LogP) is 1.63. The maximum absolute atomic E-state index is 5.89. The summed E-state index contributed by atoms with van der Waals surface area (Å²) in [5.74, 6) is 1.51. The Morgan fingerprint density at radius 2 is 1.85 bits per heavy atom. The van der Waals surface area contributed by atoms with Crippen molar-refractivity contribution in [1.82, 2.24) is 14.6 Å². The zero-order valence-corrected chi connectivity index (χ0v) is 12.5. The van der Waals surface area contributed by atoms with Gasteiger partial charge in [-0.15, -0.1) is 0 Å². The molecule has 0 unspecified atom stereocenters. The number of fused-ring (bicyclic) bond motifs is 1. The van der Waals surface area contributed by atoms with Gasteiger partial charge in [0.25, 0.3) is 0 Å². The summed E-state index contributed by atoms with van der Waals surface area (Å²) in [5, 5.41) is 2.40. The first kappa shape index (κ1) is 13.2. The Bertz CT molecular complexity index is 608. The molecule has 0 atom stereocenters. The molecule has 1 saturated heterocycles. The highest BCUT2D eigenvalue weighted by molar-refractivity contribution is 5.80. The van der Waals surface area contributed by atoms with Gasteiger partial charge in [0.05, 0.1) is 11.0 Å². The normalized spacial score (nSPS) is 17.3. The van der Waals surface area contributed by atoms with Gasteiger partial charge in [-0.2, -0.15) is 0 Å². The molecule has 0 spiro atoms. The number of benzene rings is 1. The Labute approximate surface area is 119 Å². The van der Waals surface area contributed by atoms with E-state index in [4.69, 9.17) is 10.7 Å². The van der Waals surface area contributed by atoms with Crippen LogP contribution in [0.2, 0.25) is 0 Å². The number of aromatic nitrogens is 2. The number of anilines is 1. The zero-order valence-electron chi connectivity index (χ0n) is 12.5. The van der Waals surface area contributed by atoms with E-state index in [9.17, 15) is 0 Å². The Morgan fingerprint density at radius 3 is 2.50 bits per heavy atom. The van der Waals surface area contributed by atoms with E-state index in [0.29, 0.717) is 5.92 Å². The molecule has 2 N–H and O–H groups in total. The molecule has 2 heterocycles. The number of nitrogens with two attached hydrogens (primary N) is 1. The summed E-state index contributed by atoms with van der Waals surface area (Å²) in [7, 11) is 2.17.